The zero-order valence-electron chi connectivity index (χ0n) is 19.0. The molecule has 0 amide bonds. The summed E-state index contributed by atoms with van der Waals surface area (Å²) in [5.74, 6) is -0.302. The number of aliphatic hydroxyl groups is 2. The van der Waals surface area contributed by atoms with Gasteiger partial charge in [0.05, 0.1) is 39.8 Å². The van der Waals surface area contributed by atoms with E-state index >= 15 is 0 Å². The first kappa shape index (κ1) is 24.3. The fourth-order valence-corrected chi connectivity index (χ4v) is 5.43. The van der Waals surface area contributed by atoms with E-state index in [9.17, 15) is 23.4 Å². The van der Waals surface area contributed by atoms with Crippen molar-refractivity contribution in [3.8, 4) is 10.6 Å². The number of hydrogen-bond donors (Lipinski definition) is 4. The zero-order valence-corrected chi connectivity index (χ0v) is 19.8. The molecule has 0 saturated heterocycles. The zero-order chi connectivity index (χ0) is 25.4. The summed E-state index contributed by atoms with van der Waals surface area (Å²) in [5, 5.41) is 35.0. The molecule has 0 radical (unpaired) electrons. The molecule has 0 bridgehead atoms. The highest BCUT2D eigenvalue weighted by atomic mass is 32.1. The quantitative estimate of drug-likeness (QED) is 0.290. The molecule has 10 nitrogen and oxygen atoms in total. The number of para-hydroxylation sites is 1. The molecule has 1 saturated carbocycles. The van der Waals surface area contributed by atoms with Crippen LogP contribution in [0.1, 0.15) is 12.1 Å². The van der Waals surface area contributed by atoms with E-state index in [1.807, 2.05) is 24.3 Å². The van der Waals surface area contributed by atoms with Gasteiger partial charge in [0, 0.05) is 18.7 Å². The number of aliphatic hydroxyl groups excluding tert-OH is 2. The third-order valence-corrected chi connectivity index (χ3v) is 7.12. The van der Waals surface area contributed by atoms with Crippen LogP contribution < -0.4 is 10.6 Å². The van der Waals surface area contributed by atoms with Gasteiger partial charge in [0.2, 0.25) is 5.95 Å². The van der Waals surface area contributed by atoms with Crippen molar-refractivity contribution in [3.63, 3.8) is 0 Å². The van der Waals surface area contributed by atoms with Gasteiger partial charge < -0.3 is 20.8 Å². The number of hydrogen-bond acceptors (Lipinski definition) is 10. The van der Waals surface area contributed by atoms with Crippen molar-refractivity contribution < 1.29 is 23.4 Å². The number of aryl methyl sites for hydroxylation is 1. The Morgan fingerprint density at radius 1 is 1.14 bits per heavy atom. The number of halogens is 3. The maximum absolute atomic E-state index is 12.8. The van der Waals surface area contributed by atoms with Crippen LogP contribution in [-0.2, 0) is 6.54 Å². The molecule has 1 aliphatic rings. The Bertz CT molecular complexity index is 1310. The number of benzene rings is 1. The van der Waals surface area contributed by atoms with Crippen LogP contribution in [0.5, 0.6) is 0 Å². The highest BCUT2D eigenvalue weighted by Gasteiger charge is 2.42. The van der Waals surface area contributed by atoms with Crippen LogP contribution in [0.15, 0.2) is 36.7 Å². The molecule has 1 aliphatic carbocycles. The lowest BCUT2D eigenvalue weighted by atomic mass is 10.1. The molecule has 1 aromatic carbocycles. The standard InChI is InChI=1S/C22H23F3N8O2S/c1-11-16(20-30-13-4-2-3-5-15(13)36-20)19(31-21(28-11)26-10-22(23,24)25)29-14-8-12(17(34)18(14)35)9-33-7-6-27-32-33/h2-7,12,14,17-18,34-35H,8-10H2,1H3,(H2,26,28,29,31)/t12-,14-,17-,18+/m1/s1. The number of nitrogens with one attached hydrogen (secondary N) is 2. The van der Waals surface area contributed by atoms with Gasteiger partial charge in [-0.25, -0.2) is 9.97 Å². The largest absolute Gasteiger partial charge is 0.405 e. The van der Waals surface area contributed by atoms with Crippen LogP contribution in [0.4, 0.5) is 24.9 Å². The highest BCUT2D eigenvalue weighted by molar-refractivity contribution is 7.21. The average Bonchev–Trinajstić information content (AvgIpc) is 3.54. The Hall–Kier alpha value is -3.36. The molecule has 36 heavy (non-hydrogen) atoms. The molecule has 5 rings (SSSR count). The fraction of sp³-hybridized carbons (Fsp3) is 0.409. The Morgan fingerprint density at radius 3 is 2.67 bits per heavy atom. The van der Waals surface area contributed by atoms with E-state index in [2.05, 4.69) is 35.9 Å². The van der Waals surface area contributed by atoms with E-state index in [1.165, 1.54) is 17.5 Å². The van der Waals surface area contributed by atoms with Gasteiger partial charge >= 0.3 is 6.18 Å². The molecule has 190 valence electrons. The first-order chi connectivity index (χ1) is 17.2. The molecular weight excluding hydrogens is 497 g/mol. The van der Waals surface area contributed by atoms with Gasteiger partial charge in [-0.05, 0) is 25.5 Å². The number of fused-ring (bicyclic) bond motifs is 1. The van der Waals surface area contributed by atoms with Crippen molar-refractivity contribution in [2.75, 3.05) is 17.2 Å². The molecule has 3 heterocycles. The first-order valence-corrected chi connectivity index (χ1v) is 12.0. The Balaban J connectivity index is 1.48. The number of alkyl halides is 3. The van der Waals surface area contributed by atoms with Crippen molar-refractivity contribution in [2.24, 2.45) is 5.92 Å². The van der Waals surface area contributed by atoms with Crippen molar-refractivity contribution in [2.45, 2.75) is 44.3 Å². The number of thiazole rings is 1. The second-order valence-electron chi connectivity index (χ2n) is 8.66. The molecule has 3 aromatic heterocycles. The number of rotatable bonds is 7. The predicted molar refractivity (Wildman–Crippen MR) is 127 cm³/mol. The molecule has 0 unspecified atom stereocenters. The van der Waals surface area contributed by atoms with Gasteiger partial charge in [-0.1, -0.05) is 17.3 Å². The molecule has 1 fully saturated rings. The number of anilines is 2. The SMILES string of the molecule is Cc1nc(NCC(F)(F)F)nc(N[C@@H]2C[C@H](Cn3ccnn3)[C@@H](O)[C@H]2O)c1-c1nc2ccccc2s1. The van der Waals surface area contributed by atoms with Crippen LogP contribution in [-0.4, -0.2) is 71.1 Å². The highest BCUT2D eigenvalue weighted by Crippen LogP contribution is 2.38. The van der Waals surface area contributed by atoms with Gasteiger partial charge in [0.1, 0.15) is 23.5 Å². The number of aromatic nitrogens is 6. The molecule has 4 aromatic rings. The molecule has 0 aliphatic heterocycles. The lowest BCUT2D eigenvalue weighted by Crippen LogP contribution is -2.36. The first-order valence-electron chi connectivity index (χ1n) is 11.2. The monoisotopic (exact) mass is 520 g/mol. The fourth-order valence-electron chi connectivity index (χ4n) is 4.37. The minimum atomic E-state index is -4.45. The molecule has 4 N–H and O–H groups in total. The van der Waals surface area contributed by atoms with Crippen LogP contribution in [0, 0.1) is 12.8 Å². The summed E-state index contributed by atoms with van der Waals surface area (Å²) in [7, 11) is 0. The van der Waals surface area contributed by atoms with Gasteiger partial charge in [0.15, 0.2) is 0 Å². The van der Waals surface area contributed by atoms with Crippen molar-refractivity contribution >= 4 is 33.3 Å². The van der Waals surface area contributed by atoms with E-state index < -0.39 is 31.0 Å². The minimum absolute atomic E-state index is 0.204. The lowest BCUT2D eigenvalue weighted by molar-refractivity contribution is -0.115. The maximum atomic E-state index is 12.8. The number of nitrogens with zero attached hydrogens (tertiary/aromatic N) is 6. The normalized spacial score (nSPS) is 22.3. The third kappa shape index (κ3) is 5.10. The van der Waals surface area contributed by atoms with Crippen LogP contribution in [0.2, 0.25) is 0 Å². The summed E-state index contributed by atoms with van der Waals surface area (Å²) < 4.78 is 40.9. The summed E-state index contributed by atoms with van der Waals surface area (Å²) in [5.41, 5.74) is 1.71. The van der Waals surface area contributed by atoms with Gasteiger partial charge in [-0.15, -0.1) is 16.4 Å². The van der Waals surface area contributed by atoms with Crippen molar-refractivity contribution in [1.29, 1.82) is 0 Å². The maximum Gasteiger partial charge on any atom is 0.405 e. The average molecular weight is 521 g/mol. The summed E-state index contributed by atoms with van der Waals surface area (Å²) >= 11 is 1.40. The van der Waals surface area contributed by atoms with Gasteiger partial charge in [-0.3, -0.25) is 4.68 Å². The second kappa shape index (κ2) is 9.59. The van der Waals surface area contributed by atoms with E-state index in [0.29, 0.717) is 29.2 Å². The lowest BCUT2D eigenvalue weighted by Gasteiger charge is -2.21. The van der Waals surface area contributed by atoms with E-state index in [0.717, 1.165) is 10.2 Å². The molecular formula is C22H23F3N8O2S. The van der Waals surface area contributed by atoms with E-state index in [4.69, 9.17) is 0 Å². The smallest absolute Gasteiger partial charge is 0.390 e. The van der Waals surface area contributed by atoms with Crippen molar-refractivity contribution in [1.82, 2.24) is 29.9 Å². The second-order valence-corrected chi connectivity index (χ2v) is 9.70. The summed E-state index contributed by atoms with van der Waals surface area (Å²) in [6, 6.07) is 6.92. The van der Waals surface area contributed by atoms with Crippen LogP contribution in [0.25, 0.3) is 20.8 Å². The van der Waals surface area contributed by atoms with Gasteiger partial charge in [0.25, 0.3) is 0 Å². The summed E-state index contributed by atoms with van der Waals surface area (Å²) in [6.45, 7) is 0.722. The summed E-state index contributed by atoms with van der Waals surface area (Å²) in [6.07, 6.45) is -3.06. The topological polar surface area (TPSA) is 134 Å². The van der Waals surface area contributed by atoms with Crippen LogP contribution >= 0.6 is 11.3 Å². The predicted octanol–water partition coefficient (Wildman–Crippen LogP) is 2.85. The molecule has 4 atom stereocenters. The summed E-state index contributed by atoms with van der Waals surface area (Å²) in [4.78, 5) is 13.2. The Morgan fingerprint density at radius 2 is 1.94 bits per heavy atom. The van der Waals surface area contributed by atoms with Crippen LogP contribution in [0.3, 0.4) is 0 Å². The Labute approximate surface area is 207 Å². The van der Waals surface area contributed by atoms with E-state index in [-0.39, 0.29) is 17.7 Å². The minimum Gasteiger partial charge on any atom is -0.390 e. The van der Waals surface area contributed by atoms with Gasteiger partial charge in [-0.2, -0.15) is 18.2 Å². The Kier molecular flexibility index (Phi) is 6.49. The van der Waals surface area contributed by atoms with E-state index in [1.54, 1.807) is 17.8 Å². The third-order valence-electron chi connectivity index (χ3n) is 6.06. The molecule has 0 spiro atoms. The molecule has 14 heteroatoms. The van der Waals surface area contributed by atoms with Crippen molar-refractivity contribution in [3.05, 3.63) is 42.4 Å².